The predicted octanol–water partition coefficient (Wildman–Crippen LogP) is 1.88. The number of aromatic hydroxyl groups is 1. The summed E-state index contributed by atoms with van der Waals surface area (Å²) >= 11 is 0. The molecule has 0 aliphatic rings. The Balaban J connectivity index is 3.84. The zero-order valence-corrected chi connectivity index (χ0v) is 8.13. The van der Waals surface area contributed by atoms with E-state index in [2.05, 4.69) is 10.7 Å². The zero-order valence-electron chi connectivity index (χ0n) is 6.56. The van der Waals surface area contributed by atoms with Crippen LogP contribution in [0.3, 0.4) is 0 Å². The first-order chi connectivity index (χ1) is 6.68. The average Bonchev–Trinajstić information content (AvgIpc) is 2.09. The molecule has 1 aromatic carbocycles. The van der Waals surface area contributed by atoms with Gasteiger partial charge in [0.1, 0.15) is 0 Å². The van der Waals surface area contributed by atoms with Crippen molar-refractivity contribution < 1.29 is 31.1 Å². The minimum Gasteiger partial charge on any atom is -0.503 e. The van der Waals surface area contributed by atoms with E-state index < -0.39 is 43.0 Å². The third-order valence-electron chi connectivity index (χ3n) is 1.44. The van der Waals surface area contributed by atoms with Crippen LogP contribution in [0.2, 0.25) is 0 Å². The van der Waals surface area contributed by atoms with Gasteiger partial charge in [0.15, 0.2) is 22.3 Å². The molecule has 1 aromatic rings. The van der Waals surface area contributed by atoms with Crippen molar-refractivity contribution in [1.29, 1.82) is 0 Å². The van der Waals surface area contributed by atoms with Crippen molar-refractivity contribution in [3.8, 4) is 5.75 Å². The largest absolute Gasteiger partial charge is 0.503 e. The molecule has 15 heavy (non-hydrogen) atoms. The Morgan fingerprint density at radius 3 is 1.53 bits per heavy atom. The van der Waals surface area contributed by atoms with Gasteiger partial charge < -0.3 is 5.11 Å². The Morgan fingerprint density at radius 1 is 0.933 bits per heavy atom. The summed E-state index contributed by atoms with van der Waals surface area (Å²) in [7, 11) is -0.452. The van der Waals surface area contributed by atoms with Crippen LogP contribution < -0.4 is 0 Å². The Labute approximate surface area is 85.3 Å². The first-order valence-electron chi connectivity index (χ1n) is 3.17. The van der Waals surface area contributed by atoms with Crippen molar-refractivity contribution in [3.63, 3.8) is 0 Å². The number of phenols is 1. The normalized spacial score (nSPS) is 11.8. The second-order valence-corrected chi connectivity index (χ2v) is 4.87. The van der Waals surface area contributed by atoms with E-state index in [1.54, 1.807) is 0 Å². The molecule has 9 heteroatoms. The molecule has 0 fully saturated rings. The van der Waals surface area contributed by atoms with Crippen molar-refractivity contribution >= 4 is 19.7 Å². The lowest BCUT2D eigenvalue weighted by molar-refractivity contribution is 0.343. The number of halogens is 5. The first-order valence-corrected chi connectivity index (χ1v) is 5.48. The fourth-order valence-corrected chi connectivity index (χ4v) is 1.83. The standard InChI is InChI=1S/C6HClF4O3S/c7-15(13,14)6-3(10)1(8)5(12)2(9)4(6)11/h12H. The molecule has 0 aromatic heterocycles. The molecule has 0 aliphatic heterocycles. The fraction of sp³-hybridized carbons (Fsp3) is 0. The SMILES string of the molecule is O=S(=O)(Cl)c1c(F)c(F)c(O)c(F)c1F. The number of hydrogen-bond donors (Lipinski definition) is 1. The summed E-state index contributed by atoms with van der Waals surface area (Å²) in [6, 6.07) is 0. The van der Waals surface area contributed by atoms with E-state index >= 15 is 0 Å². The quantitative estimate of drug-likeness (QED) is 0.479. The Morgan fingerprint density at radius 2 is 1.27 bits per heavy atom. The highest BCUT2D eigenvalue weighted by atomic mass is 35.7. The van der Waals surface area contributed by atoms with Gasteiger partial charge in [-0.2, -0.15) is 8.78 Å². The number of hydrogen-bond acceptors (Lipinski definition) is 3. The summed E-state index contributed by atoms with van der Waals surface area (Å²) in [6.07, 6.45) is 0. The van der Waals surface area contributed by atoms with Gasteiger partial charge in [-0.1, -0.05) is 0 Å². The van der Waals surface area contributed by atoms with E-state index in [1.807, 2.05) is 0 Å². The second kappa shape index (κ2) is 3.53. The van der Waals surface area contributed by atoms with Crippen LogP contribution in [0.4, 0.5) is 17.6 Å². The minimum atomic E-state index is -4.99. The molecule has 0 saturated carbocycles. The van der Waals surface area contributed by atoms with Crippen LogP contribution in [0, 0.1) is 23.3 Å². The minimum absolute atomic E-state index is 1.95. The van der Waals surface area contributed by atoms with E-state index in [4.69, 9.17) is 5.11 Å². The number of phenolic OH excluding ortho intramolecular Hbond substituents is 1. The number of benzene rings is 1. The van der Waals surface area contributed by atoms with Crippen LogP contribution in [0.1, 0.15) is 0 Å². The van der Waals surface area contributed by atoms with Gasteiger partial charge in [0.25, 0.3) is 9.05 Å². The Hall–Kier alpha value is -1.02. The average molecular weight is 265 g/mol. The van der Waals surface area contributed by atoms with Gasteiger partial charge in [0.05, 0.1) is 0 Å². The molecule has 0 heterocycles. The molecule has 0 radical (unpaired) electrons. The molecule has 0 amide bonds. The zero-order chi connectivity index (χ0) is 12.0. The van der Waals surface area contributed by atoms with Crippen molar-refractivity contribution in [3.05, 3.63) is 23.3 Å². The van der Waals surface area contributed by atoms with Crippen LogP contribution in [0.25, 0.3) is 0 Å². The Bertz CT molecular complexity index is 499. The first kappa shape index (κ1) is 12.1. The molecule has 3 nitrogen and oxygen atoms in total. The molecule has 0 spiro atoms. The molecule has 1 rings (SSSR count). The fourth-order valence-electron chi connectivity index (χ4n) is 0.814. The molecule has 0 atom stereocenters. The van der Waals surface area contributed by atoms with E-state index in [1.165, 1.54) is 0 Å². The smallest absolute Gasteiger partial charge is 0.267 e. The van der Waals surface area contributed by atoms with Crippen molar-refractivity contribution in [2.24, 2.45) is 0 Å². The van der Waals surface area contributed by atoms with Crippen molar-refractivity contribution in [2.75, 3.05) is 0 Å². The molecule has 0 aliphatic carbocycles. The predicted molar refractivity (Wildman–Crippen MR) is 41.0 cm³/mol. The maximum atomic E-state index is 12.8. The van der Waals surface area contributed by atoms with E-state index in [0.717, 1.165) is 0 Å². The molecule has 0 unspecified atom stereocenters. The lowest BCUT2D eigenvalue weighted by Crippen LogP contribution is -2.06. The third kappa shape index (κ3) is 1.86. The van der Waals surface area contributed by atoms with Crippen LogP contribution in [0.15, 0.2) is 4.90 Å². The van der Waals surface area contributed by atoms with Gasteiger partial charge in [-0.3, -0.25) is 0 Å². The van der Waals surface area contributed by atoms with Gasteiger partial charge in [-0.05, 0) is 0 Å². The van der Waals surface area contributed by atoms with Crippen LogP contribution in [-0.2, 0) is 9.05 Å². The molecule has 0 bridgehead atoms. The van der Waals surface area contributed by atoms with Gasteiger partial charge in [-0.15, -0.1) is 0 Å². The monoisotopic (exact) mass is 264 g/mol. The van der Waals surface area contributed by atoms with Crippen molar-refractivity contribution in [2.45, 2.75) is 4.90 Å². The topological polar surface area (TPSA) is 54.4 Å². The third-order valence-corrected chi connectivity index (χ3v) is 2.75. The van der Waals surface area contributed by atoms with Crippen LogP contribution in [0.5, 0.6) is 5.75 Å². The van der Waals surface area contributed by atoms with Crippen molar-refractivity contribution in [1.82, 2.24) is 0 Å². The maximum absolute atomic E-state index is 12.8. The summed E-state index contributed by atoms with van der Waals surface area (Å²) in [6.45, 7) is 0. The summed E-state index contributed by atoms with van der Waals surface area (Å²) < 4.78 is 71.9. The van der Waals surface area contributed by atoms with Crippen LogP contribution >= 0.6 is 10.7 Å². The molecule has 84 valence electrons. The van der Waals surface area contributed by atoms with Gasteiger partial charge in [0, 0.05) is 10.7 Å². The highest BCUT2D eigenvalue weighted by Crippen LogP contribution is 2.32. The van der Waals surface area contributed by atoms with E-state index in [0.29, 0.717) is 0 Å². The molecular formula is C6HClF4O3S. The summed E-state index contributed by atoms with van der Waals surface area (Å²) in [5.41, 5.74) is 0. The lowest BCUT2D eigenvalue weighted by Gasteiger charge is -2.05. The summed E-state index contributed by atoms with van der Waals surface area (Å²) in [5, 5.41) is 8.49. The summed E-state index contributed by atoms with van der Waals surface area (Å²) in [5.74, 6) is -11.0. The highest BCUT2D eigenvalue weighted by molar-refractivity contribution is 8.13. The maximum Gasteiger partial charge on any atom is 0.267 e. The van der Waals surface area contributed by atoms with Gasteiger partial charge in [0.2, 0.25) is 11.6 Å². The Kier molecular flexibility index (Phi) is 2.83. The second-order valence-electron chi connectivity index (χ2n) is 2.37. The molecule has 1 N–H and O–H groups in total. The van der Waals surface area contributed by atoms with Crippen LogP contribution in [-0.4, -0.2) is 13.5 Å². The van der Waals surface area contributed by atoms with Gasteiger partial charge >= 0.3 is 0 Å². The molecular weight excluding hydrogens is 264 g/mol. The number of rotatable bonds is 1. The highest BCUT2D eigenvalue weighted by Gasteiger charge is 2.31. The van der Waals surface area contributed by atoms with E-state index in [9.17, 15) is 26.0 Å². The summed E-state index contributed by atoms with van der Waals surface area (Å²) in [4.78, 5) is -1.98. The van der Waals surface area contributed by atoms with E-state index in [-0.39, 0.29) is 0 Å². The van der Waals surface area contributed by atoms with Gasteiger partial charge in [-0.25, -0.2) is 17.2 Å². The molecule has 0 saturated heterocycles. The lowest BCUT2D eigenvalue weighted by atomic mass is 10.3.